The van der Waals surface area contributed by atoms with Crippen molar-refractivity contribution in [2.75, 3.05) is 13.7 Å². The van der Waals surface area contributed by atoms with Gasteiger partial charge in [0.2, 0.25) is 0 Å². The highest BCUT2D eigenvalue weighted by atomic mass is 16.5. The van der Waals surface area contributed by atoms with Gasteiger partial charge in [0.05, 0.1) is 7.11 Å². The van der Waals surface area contributed by atoms with Gasteiger partial charge in [-0.05, 0) is 38.0 Å². The predicted molar refractivity (Wildman–Crippen MR) is 69.5 cm³/mol. The standard InChI is InChI=1S/C14H21NO2/c1-10-7-11(2)13(14(8-10)17-4)9-15-6-5-12(3)16/h7-8,15H,5-6,9H2,1-4H3. The van der Waals surface area contributed by atoms with Crippen molar-refractivity contribution in [3.63, 3.8) is 0 Å². The molecule has 0 radical (unpaired) electrons. The van der Waals surface area contributed by atoms with Gasteiger partial charge >= 0.3 is 0 Å². The second-order valence-electron chi connectivity index (χ2n) is 4.39. The smallest absolute Gasteiger partial charge is 0.131 e. The summed E-state index contributed by atoms with van der Waals surface area (Å²) in [5, 5.41) is 3.27. The molecule has 1 rings (SSSR count). The lowest BCUT2D eigenvalue weighted by Crippen LogP contribution is -2.18. The molecular formula is C14H21NO2. The summed E-state index contributed by atoms with van der Waals surface area (Å²) in [4.78, 5) is 10.8. The lowest BCUT2D eigenvalue weighted by molar-refractivity contribution is -0.116. The number of carbonyl (C=O) groups excluding carboxylic acids is 1. The average Bonchev–Trinajstić information content (AvgIpc) is 2.25. The highest BCUT2D eigenvalue weighted by Crippen LogP contribution is 2.23. The Balaban J connectivity index is 2.66. The number of ether oxygens (including phenoxy) is 1. The van der Waals surface area contributed by atoms with E-state index < -0.39 is 0 Å². The molecule has 0 saturated heterocycles. The van der Waals surface area contributed by atoms with E-state index in [0.29, 0.717) is 13.0 Å². The maximum Gasteiger partial charge on any atom is 0.131 e. The summed E-state index contributed by atoms with van der Waals surface area (Å²) in [6.07, 6.45) is 0.577. The van der Waals surface area contributed by atoms with Gasteiger partial charge in [-0.15, -0.1) is 0 Å². The van der Waals surface area contributed by atoms with Crippen LogP contribution in [0.3, 0.4) is 0 Å². The van der Waals surface area contributed by atoms with Crippen molar-refractivity contribution >= 4 is 5.78 Å². The van der Waals surface area contributed by atoms with E-state index in [2.05, 4.69) is 25.2 Å². The van der Waals surface area contributed by atoms with E-state index in [4.69, 9.17) is 4.74 Å². The van der Waals surface area contributed by atoms with Crippen LogP contribution in [0, 0.1) is 13.8 Å². The Bertz CT molecular complexity index is 399. The van der Waals surface area contributed by atoms with Crippen LogP contribution in [-0.4, -0.2) is 19.4 Å². The summed E-state index contributed by atoms with van der Waals surface area (Å²) in [5.74, 6) is 1.13. The molecule has 0 spiro atoms. The first-order valence-corrected chi connectivity index (χ1v) is 5.89. The Labute approximate surface area is 103 Å². The van der Waals surface area contributed by atoms with Crippen LogP contribution in [0.5, 0.6) is 5.75 Å². The number of benzene rings is 1. The fourth-order valence-electron chi connectivity index (χ4n) is 1.84. The molecule has 0 saturated carbocycles. The Hall–Kier alpha value is -1.35. The van der Waals surface area contributed by atoms with Crippen molar-refractivity contribution in [1.29, 1.82) is 0 Å². The molecule has 0 amide bonds. The molecule has 0 heterocycles. The third kappa shape index (κ3) is 4.19. The van der Waals surface area contributed by atoms with Crippen LogP contribution < -0.4 is 10.1 Å². The molecule has 17 heavy (non-hydrogen) atoms. The second-order valence-corrected chi connectivity index (χ2v) is 4.39. The molecule has 94 valence electrons. The number of hydrogen-bond donors (Lipinski definition) is 1. The molecule has 0 aliphatic carbocycles. The third-order valence-electron chi connectivity index (χ3n) is 2.75. The number of Topliss-reactive ketones (excluding diaryl/α,β-unsaturated/α-hetero) is 1. The zero-order valence-electron chi connectivity index (χ0n) is 11.1. The fourth-order valence-corrected chi connectivity index (χ4v) is 1.84. The fraction of sp³-hybridized carbons (Fsp3) is 0.500. The largest absolute Gasteiger partial charge is 0.496 e. The molecule has 1 aromatic rings. The van der Waals surface area contributed by atoms with Crippen molar-refractivity contribution in [3.8, 4) is 5.75 Å². The minimum absolute atomic E-state index is 0.213. The van der Waals surface area contributed by atoms with E-state index in [-0.39, 0.29) is 5.78 Å². The number of rotatable bonds is 6. The maximum atomic E-state index is 10.8. The molecule has 3 heteroatoms. The Morgan fingerprint density at radius 1 is 1.35 bits per heavy atom. The van der Waals surface area contributed by atoms with Crippen LogP contribution in [0.1, 0.15) is 30.0 Å². The van der Waals surface area contributed by atoms with E-state index in [1.54, 1.807) is 14.0 Å². The highest BCUT2D eigenvalue weighted by Gasteiger charge is 2.07. The Kier molecular flexibility index (Phi) is 5.16. The molecule has 1 aromatic carbocycles. The molecule has 0 aliphatic heterocycles. The summed E-state index contributed by atoms with van der Waals surface area (Å²) in [6.45, 7) is 7.20. The van der Waals surface area contributed by atoms with Crippen LogP contribution in [0.4, 0.5) is 0 Å². The van der Waals surface area contributed by atoms with Gasteiger partial charge in [-0.1, -0.05) is 6.07 Å². The molecule has 0 bridgehead atoms. The minimum Gasteiger partial charge on any atom is -0.496 e. The van der Waals surface area contributed by atoms with E-state index in [9.17, 15) is 4.79 Å². The lowest BCUT2D eigenvalue weighted by atomic mass is 10.0. The van der Waals surface area contributed by atoms with Gasteiger partial charge in [0.15, 0.2) is 0 Å². The summed E-state index contributed by atoms with van der Waals surface area (Å²) >= 11 is 0. The third-order valence-corrected chi connectivity index (χ3v) is 2.75. The van der Waals surface area contributed by atoms with Crippen LogP contribution in [0.2, 0.25) is 0 Å². The molecule has 0 aromatic heterocycles. The van der Waals surface area contributed by atoms with Gasteiger partial charge in [0, 0.05) is 25.1 Å². The van der Waals surface area contributed by atoms with Crippen molar-refractivity contribution < 1.29 is 9.53 Å². The normalized spacial score (nSPS) is 10.4. The molecule has 0 atom stereocenters. The average molecular weight is 235 g/mol. The van der Waals surface area contributed by atoms with Crippen LogP contribution >= 0.6 is 0 Å². The number of carbonyl (C=O) groups is 1. The minimum atomic E-state index is 0.213. The number of aryl methyl sites for hydroxylation is 2. The Morgan fingerprint density at radius 2 is 2.06 bits per heavy atom. The van der Waals surface area contributed by atoms with E-state index >= 15 is 0 Å². The van der Waals surface area contributed by atoms with Gasteiger partial charge in [-0.3, -0.25) is 4.79 Å². The molecular weight excluding hydrogens is 214 g/mol. The first-order chi connectivity index (χ1) is 8.04. The first kappa shape index (κ1) is 13.7. The summed E-state index contributed by atoms with van der Waals surface area (Å²) in [5.41, 5.74) is 3.59. The van der Waals surface area contributed by atoms with Gasteiger partial charge < -0.3 is 10.1 Å². The highest BCUT2D eigenvalue weighted by molar-refractivity contribution is 5.75. The molecule has 0 fully saturated rings. The zero-order chi connectivity index (χ0) is 12.8. The predicted octanol–water partition coefficient (Wildman–Crippen LogP) is 2.38. The van der Waals surface area contributed by atoms with E-state index in [1.807, 2.05) is 6.07 Å². The van der Waals surface area contributed by atoms with E-state index in [1.165, 1.54) is 16.7 Å². The maximum absolute atomic E-state index is 10.8. The monoisotopic (exact) mass is 235 g/mol. The van der Waals surface area contributed by atoms with Crippen molar-refractivity contribution in [3.05, 3.63) is 28.8 Å². The number of nitrogens with one attached hydrogen (secondary N) is 1. The number of methoxy groups -OCH3 is 1. The molecule has 0 unspecified atom stereocenters. The van der Waals surface area contributed by atoms with Gasteiger partial charge in [-0.2, -0.15) is 0 Å². The molecule has 0 aliphatic rings. The quantitative estimate of drug-likeness (QED) is 0.769. The topological polar surface area (TPSA) is 38.3 Å². The lowest BCUT2D eigenvalue weighted by Gasteiger charge is -2.13. The van der Waals surface area contributed by atoms with Gasteiger partial charge in [0.1, 0.15) is 11.5 Å². The van der Waals surface area contributed by atoms with Crippen molar-refractivity contribution in [2.24, 2.45) is 0 Å². The number of hydrogen-bond acceptors (Lipinski definition) is 3. The molecule has 1 N–H and O–H groups in total. The van der Waals surface area contributed by atoms with Crippen LogP contribution in [0.25, 0.3) is 0 Å². The zero-order valence-corrected chi connectivity index (χ0v) is 11.1. The summed E-state index contributed by atoms with van der Waals surface area (Å²) in [6, 6.07) is 4.18. The van der Waals surface area contributed by atoms with Crippen LogP contribution in [0.15, 0.2) is 12.1 Å². The van der Waals surface area contributed by atoms with Crippen LogP contribution in [-0.2, 0) is 11.3 Å². The first-order valence-electron chi connectivity index (χ1n) is 5.89. The van der Waals surface area contributed by atoms with Gasteiger partial charge in [0.25, 0.3) is 0 Å². The summed E-state index contributed by atoms with van der Waals surface area (Å²) < 4.78 is 5.38. The van der Waals surface area contributed by atoms with Crippen molar-refractivity contribution in [1.82, 2.24) is 5.32 Å². The van der Waals surface area contributed by atoms with E-state index in [0.717, 1.165) is 12.3 Å². The van der Waals surface area contributed by atoms with Crippen molar-refractivity contribution in [2.45, 2.75) is 33.7 Å². The summed E-state index contributed by atoms with van der Waals surface area (Å²) in [7, 11) is 1.69. The SMILES string of the molecule is COc1cc(C)cc(C)c1CNCCC(C)=O. The molecule has 3 nitrogen and oxygen atoms in total. The number of ketones is 1. The van der Waals surface area contributed by atoms with Gasteiger partial charge in [-0.25, -0.2) is 0 Å². The second kappa shape index (κ2) is 6.40. The Morgan fingerprint density at radius 3 is 2.65 bits per heavy atom.